The van der Waals surface area contributed by atoms with E-state index in [1.165, 1.54) is 4.88 Å². The van der Waals surface area contributed by atoms with Gasteiger partial charge in [-0.3, -0.25) is 4.79 Å². The largest absolute Gasteiger partial charge is 0.330 e. The first-order valence-corrected chi connectivity index (χ1v) is 7.43. The summed E-state index contributed by atoms with van der Waals surface area (Å²) in [6, 6.07) is 14.0. The van der Waals surface area contributed by atoms with Crippen molar-refractivity contribution in [2.24, 2.45) is 5.73 Å². The summed E-state index contributed by atoms with van der Waals surface area (Å²) in [6.07, 6.45) is 2.19. The molecule has 0 spiro atoms. The zero-order valence-corrected chi connectivity index (χ0v) is 12.3. The topological polar surface area (TPSA) is 43.1 Å². The van der Waals surface area contributed by atoms with Crippen LogP contribution < -0.4 is 5.73 Å². The second kappa shape index (κ2) is 9.73. The fraction of sp³-hybridized carbons (Fsp3) is 0.267. The maximum Gasteiger partial charge on any atom is 0.221 e. The van der Waals surface area contributed by atoms with Crippen LogP contribution in [0.3, 0.4) is 0 Å². The number of aryl methyl sites for hydroxylation is 1. The van der Waals surface area contributed by atoms with Gasteiger partial charge in [-0.2, -0.15) is 0 Å². The summed E-state index contributed by atoms with van der Waals surface area (Å²) in [4.78, 5) is 11.8. The van der Waals surface area contributed by atoms with E-state index < -0.39 is 0 Å². The summed E-state index contributed by atoms with van der Waals surface area (Å²) >= 11 is 6.96. The Labute approximate surface area is 123 Å². The molecule has 2 nitrogen and oxygen atoms in total. The van der Waals surface area contributed by atoms with Gasteiger partial charge in [0.25, 0.3) is 0 Å². The molecule has 1 aromatic carbocycles. The zero-order valence-electron chi connectivity index (χ0n) is 10.7. The molecule has 0 atom stereocenters. The Morgan fingerprint density at radius 1 is 1.11 bits per heavy atom. The van der Waals surface area contributed by atoms with Crippen LogP contribution >= 0.6 is 22.9 Å². The molecule has 0 radical (unpaired) electrons. The monoisotopic (exact) mass is 295 g/mol. The van der Waals surface area contributed by atoms with Crippen molar-refractivity contribution in [2.75, 3.05) is 6.54 Å². The summed E-state index contributed by atoms with van der Waals surface area (Å²) in [7, 11) is 0. The molecule has 102 valence electrons. The van der Waals surface area contributed by atoms with Crippen molar-refractivity contribution in [3.05, 3.63) is 58.3 Å². The van der Waals surface area contributed by atoms with E-state index in [9.17, 15) is 4.79 Å². The van der Waals surface area contributed by atoms with Gasteiger partial charge in [-0.1, -0.05) is 36.4 Å². The lowest BCUT2D eigenvalue weighted by Gasteiger charge is -1.95. The van der Waals surface area contributed by atoms with Crippen molar-refractivity contribution in [2.45, 2.75) is 19.3 Å². The van der Waals surface area contributed by atoms with E-state index in [0.29, 0.717) is 6.42 Å². The summed E-state index contributed by atoms with van der Waals surface area (Å²) in [5, 5.41) is 1.80. The quantitative estimate of drug-likeness (QED) is 0.856. The highest BCUT2D eigenvalue weighted by molar-refractivity contribution is 7.09. The molecular weight excluding hydrogens is 278 g/mol. The van der Waals surface area contributed by atoms with Crippen molar-refractivity contribution in [3.63, 3.8) is 0 Å². The third kappa shape index (κ3) is 7.78. The fourth-order valence-electron chi connectivity index (χ4n) is 1.48. The van der Waals surface area contributed by atoms with Crippen LogP contribution in [0, 0.1) is 0 Å². The minimum atomic E-state index is -0.270. The van der Waals surface area contributed by atoms with Gasteiger partial charge in [0.15, 0.2) is 0 Å². The number of thiophene rings is 1. The van der Waals surface area contributed by atoms with Crippen molar-refractivity contribution >= 4 is 28.2 Å². The van der Waals surface area contributed by atoms with Crippen molar-refractivity contribution in [1.82, 2.24) is 0 Å². The van der Waals surface area contributed by atoms with Crippen LogP contribution in [0.4, 0.5) is 0 Å². The smallest absolute Gasteiger partial charge is 0.221 e. The molecule has 0 fully saturated rings. The number of carbonyl (C=O) groups is 1. The molecule has 0 unspecified atom stereocenters. The minimum absolute atomic E-state index is 0.270. The third-order valence-corrected chi connectivity index (χ3v) is 3.55. The van der Waals surface area contributed by atoms with Gasteiger partial charge in [-0.15, -0.1) is 11.3 Å². The lowest BCUT2D eigenvalue weighted by Crippen LogP contribution is -2.00. The second-order valence-electron chi connectivity index (χ2n) is 3.96. The highest BCUT2D eigenvalue weighted by Gasteiger charge is 1.96. The molecule has 4 heteroatoms. The predicted octanol–water partition coefficient (Wildman–Crippen LogP) is 3.63. The van der Waals surface area contributed by atoms with Crippen LogP contribution in [0.15, 0.2) is 47.8 Å². The molecule has 0 aliphatic rings. The van der Waals surface area contributed by atoms with Crippen LogP contribution in [0.2, 0.25) is 0 Å². The third-order valence-electron chi connectivity index (χ3n) is 2.42. The standard InChI is InChI=1S/C9H9ClO.C6H9NS/c10-9(11)7-6-8-4-2-1-3-5-8;7-4-3-6-2-1-5-8-6/h1-5H,6-7H2;1-2,5H,3-4,7H2. The average Bonchev–Trinajstić information content (AvgIpc) is 2.92. The zero-order chi connectivity index (χ0) is 13.9. The molecular formula is C15H18ClNOS. The molecule has 2 aromatic rings. The number of hydrogen-bond acceptors (Lipinski definition) is 3. The maximum absolute atomic E-state index is 10.4. The molecule has 2 rings (SSSR count). The number of rotatable bonds is 5. The normalized spacial score (nSPS) is 9.58. The van der Waals surface area contributed by atoms with E-state index in [0.717, 1.165) is 24.9 Å². The molecule has 0 aliphatic carbocycles. The Bertz CT molecular complexity index is 456. The van der Waals surface area contributed by atoms with E-state index in [-0.39, 0.29) is 5.24 Å². The van der Waals surface area contributed by atoms with E-state index >= 15 is 0 Å². The summed E-state index contributed by atoms with van der Waals surface area (Å²) in [5.41, 5.74) is 6.48. The Morgan fingerprint density at radius 2 is 1.84 bits per heavy atom. The molecule has 0 saturated carbocycles. The Hall–Kier alpha value is -1.16. The number of nitrogens with two attached hydrogens (primary N) is 1. The summed E-state index contributed by atoms with van der Waals surface area (Å²) in [6.45, 7) is 0.764. The number of benzene rings is 1. The molecule has 0 aliphatic heterocycles. The molecule has 2 N–H and O–H groups in total. The Balaban J connectivity index is 0.000000200. The first kappa shape index (κ1) is 15.9. The summed E-state index contributed by atoms with van der Waals surface area (Å²) in [5.74, 6) is 0. The maximum atomic E-state index is 10.4. The first-order chi connectivity index (χ1) is 9.22. The van der Waals surface area contributed by atoms with Crippen LogP contribution in [-0.4, -0.2) is 11.8 Å². The van der Waals surface area contributed by atoms with Crippen LogP contribution in [0.5, 0.6) is 0 Å². The highest BCUT2D eigenvalue weighted by Crippen LogP contribution is 2.07. The van der Waals surface area contributed by atoms with Crippen LogP contribution in [0.25, 0.3) is 0 Å². The highest BCUT2D eigenvalue weighted by atomic mass is 35.5. The molecule has 0 saturated heterocycles. The van der Waals surface area contributed by atoms with E-state index in [4.69, 9.17) is 17.3 Å². The van der Waals surface area contributed by atoms with Gasteiger partial charge in [0.05, 0.1) is 0 Å². The van der Waals surface area contributed by atoms with Crippen LogP contribution in [0.1, 0.15) is 16.9 Å². The van der Waals surface area contributed by atoms with Crippen molar-refractivity contribution in [1.29, 1.82) is 0 Å². The molecule has 0 amide bonds. The molecule has 19 heavy (non-hydrogen) atoms. The van der Waals surface area contributed by atoms with Gasteiger partial charge < -0.3 is 5.73 Å². The lowest BCUT2D eigenvalue weighted by atomic mass is 10.1. The SMILES string of the molecule is NCCc1cccs1.O=C(Cl)CCc1ccccc1. The molecule has 0 bridgehead atoms. The van der Waals surface area contributed by atoms with Gasteiger partial charge in [0.2, 0.25) is 5.24 Å². The fourth-order valence-corrected chi connectivity index (χ4v) is 2.30. The van der Waals surface area contributed by atoms with Gasteiger partial charge in [-0.05, 0) is 48.0 Å². The predicted molar refractivity (Wildman–Crippen MR) is 82.7 cm³/mol. The second-order valence-corrected chi connectivity index (χ2v) is 5.41. The first-order valence-electron chi connectivity index (χ1n) is 6.17. The van der Waals surface area contributed by atoms with Crippen LogP contribution in [-0.2, 0) is 17.6 Å². The molecule has 1 heterocycles. The molecule has 1 aromatic heterocycles. The van der Waals surface area contributed by atoms with Crippen molar-refractivity contribution < 1.29 is 4.79 Å². The van der Waals surface area contributed by atoms with E-state index in [1.54, 1.807) is 11.3 Å². The van der Waals surface area contributed by atoms with Gasteiger partial charge in [0.1, 0.15) is 0 Å². The lowest BCUT2D eigenvalue weighted by molar-refractivity contribution is -0.111. The minimum Gasteiger partial charge on any atom is -0.330 e. The van der Waals surface area contributed by atoms with Crippen molar-refractivity contribution in [3.8, 4) is 0 Å². The summed E-state index contributed by atoms with van der Waals surface area (Å²) < 4.78 is 0. The Morgan fingerprint density at radius 3 is 2.37 bits per heavy atom. The van der Waals surface area contributed by atoms with Gasteiger partial charge in [0, 0.05) is 11.3 Å². The van der Waals surface area contributed by atoms with E-state index in [1.807, 2.05) is 30.3 Å². The average molecular weight is 296 g/mol. The number of carbonyl (C=O) groups excluding carboxylic acids is 1. The Kier molecular flexibility index (Phi) is 8.14. The van der Waals surface area contributed by atoms with Gasteiger partial charge in [-0.25, -0.2) is 0 Å². The number of halogens is 1. The number of hydrogen-bond donors (Lipinski definition) is 1. The van der Waals surface area contributed by atoms with Gasteiger partial charge >= 0.3 is 0 Å². The van der Waals surface area contributed by atoms with E-state index in [2.05, 4.69) is 17.5 Å².